The Balaban J connectivity index is 2.32. The number of methoxy groups -OCH3 is 1. The van der Waals surface area contributed by atoms with Gasteiger partial charge in [0.2, 0.25) is 10.0 Å². The molecule has 2 aromatic rings. The molecule has 0 heterocycles. The van der Waals surface area contributed by atoms with Crippen molar-refractivity contribution in [3.63, 3.8) is 0 Å². The molecule has 0 spiro atoms. The summed E-state index contributed by atoms with van der Waals surface area (Å²) in [5.74, 6) is 0.711. The molecule has 0 bridgehead atoms. The first-order chi connectivity index (χ1) is 11.4. The fraction of sp³-hybridized carbons (Fsp3) is 0.235. The number of nitriles is 1. The lowest BCUT2D eigenvalue weighted by molar-refractivity contribution is 0.402. The molecule has 0 atom stereocenters. The topological polar surface area (TPSA) is 70.4 Å². The molecule has 0 saturated heterocycles. The Labute approximate surface area is 146 Å². The zero-order chi connectivity index (χ0) is 17.7. The van der Waals surface area contributed by atoms with E-state index in [1.807, 2.05) is 30.5 Å². The van der Waals surface area contributed by atoms with Gasteiger partial charge in [-0.25, -0.2) is 8.42 Å². The number of hydrogen-bond donors (Lipinski definition) is 0. The first-order valence-electron chi connectivity index (χ1n) is 7.10. The molecule has 0 aromatic heterocycles. The van der Waals surface area contributed by atoms with Crippen molar-refractivity contribution in [2.45, 2.75) is 16.3 Å². The summed E-state index contributed by atoms with van der Waals surface area (Å²) >= 11 is 1.56. The van der Waals surface area contributed by atoms with Gasteiger partial charge in [0.05, 0.1) is 17.6 Å². The average molecular weight is 362 g/mol. The third kappa shape index (κ3) is 3.73. The maximum atomic E-state index is 12.7. The number of ether oxygens (including phenoxy) is 1. The monoisotopic (exact) mass is 362 g/mol. The summed E-state index contributed by atoms with van der Waals surface area (Å²) in [6.07, 6.45) is 1.95. The lowest BCUT2D eigenvalue weighted by atomic mass is 10.2. The van der Waals surface area contributed by atoms with Gasteiger partial charge in [0.1, 0.15) is 11.8 Å². The van der Waals surface area contributed by atoms with Gasteiger partial charge in [-0.15, -0.1) is 11.8 Å². The lowest BCUT2D eigenvalue weighted by Gasteiger charge is -2.18. The second-order valence-corrected chi connectivity index (χ2v) is 7.92. The summed E-state index contributed by atoms with van der Waals surface area (Å²) in [4.78, 5) is 1.00. The smallest absolute Gasteiger partial charge is 0.244 e. The van der Waals surface area contributed by atoms with Crippen LogP contribution in [0.15, 0.2) is 52.3 Å². The van der Waals surface area contributed by atoms with E-state index in [9.17, 15) is 8.42 Å². The molecule has 7 heteroatoms. The third-order valence-corrected chi connectivity index (χ3v) is 6.19. The molecular formula is C17H18N2O3S2. The van der Waals surface area contributed by atoms with Crippen molar-refractivity contribution in [2.75, 3.05) is 20.4 Å². The average Bonchev–Trinajstić information content (AvgIpc) is 2.61. The molecule has 2 aromatic carbocycles. The molecule has 0 aliphatic carbocycles. The first-order valence-corrected chi connectivity index (χ1v) is 9.77. The van der Waals surface area contributed by atoms with Crippen molar-refractivity contribution in [1.29, 1.82) is 5.26 Å². The van der Waals surface area contributed by atoms with Gasteiger partial charge in [-0.1, -0.05) is 18.2 Å². The van der Waals surface area contributed by atoms with Crippen molar-refractivity contribution >= 4 is 21.8 Å². The summed E-state index contributed by atoms with van der Waals surface area (Å²) in [6.45, 7) is 0.188. The van der Waals surface area contributed by atoms with Crippen molar-refractivity contribution in [3.05, 3.63) is 53.6 Å². The van der Waals surface area contributed by atoms with Gasteiger partial charge >= 0.3 is 0 Å². The van der Waals surface area contributed by atoms with E-state index in [2.05, 4.69) is 0 Å². The second-order valence-electron chi connectivity index (χ2n) is 5.06. The van der Waals surface area contributed by atoms with Crippen LogP contribution in [0, 0.1) is 11.3 Å². The van der Waals surface area contributed by atoms with Crippen LogP contribution in [0.1, 0.15) is 11.1 Å². The van der Waals surface area contributed by atoms with Crippen molar-refractivity contribution in [3.8, 4) is 11.8 Å². The molecule has 126 valence electrons. The zero-order valence-electron chi connectivity index (χ0n) is 13.7. The largest absolute Gasteiger partial charge is 0.496 e. The van der Waals surface area contributed by atoms with E-state index in [0.29, 0.717) is 5.75 Å². The predicted molar refractivity (Wildman–Crippen MR) is 94.6 cm³/mol. The maximum absolute atomic E-state index is 12.7. The van der Waals surface area contributed by atoms with Crippen LogP contribution in [0.4, 0.5) is 0 Å². The molecule has 24 heavy (non-hydrogen) atoms. The molecule has 5 nitrogen and oxygen atoms in total. The van der Waals surface area contributed by atoms with E-state index in [1.165, 1.54) is 23.5 Å². The number of rotatable bonds is 6. The number of benzene rings is 2. The highest BCUT2D eigenvalue weighted by Crippen LogP contribution is 2.29. The third-order valence-electron chi connectivity index (χ3n) is 3.55. The maximum Gasteiger partial charge on any atom is 0.244 e. The summed E-state index contributed by atoms with van der Waals surface area (Å²) in [7, 11) is -0.666. The van der Waals surface area contributed by atoms with Crippen molar-refractivity contribution < 1.29 is 13.2 Å². The summed E-state index contributed by atoms with van der Waals surface area (Å²) in [5, 5.41) is 9.13. The highest BCUT2D eigenvalue weighted by atomic mass is 32.2. The van der Waals surface area contributed by atoms with Crippen LogP contribution in [-0.2, 0) is 16.6 Å². The quantitative estimate of drug-likeness (QED) is 0.739. The predicted octanol–water partition coefficient (Wildman–Crippen LogP) is 3.11. The van der Waals surface area contributed by atoms with Gasteiger partial charge < -0.3 is 4.74 Å². The SMILES string of the molecule is COc1cc(CN(C)S(=O)(=O)c2ccccc2C#N)ccc1SC. The number of hydrogen-bond acceptors (Lipinski definition) is 5. The van der Waals surface area contributed by atoms with Gasteiger partial charge in [0, 0.05) is 18.5 Å². The van der Waals surface area contributed by atoms with E-state index in [-0.39, 0.29) is 17.0 Å². The number of sulfonamides is 1. The summed E-state index contributed by atoms with van der Waals surface area (Å²) in [5.41, 5.74) is 0.949. The van der Waals surface area contributed by atoms with Crippen LogP contribution in [0.3, 0.4) is 0 Å². The van der Waals surface area contributed by atoms with Crippen LogP contribution in [0.5, 0.6) is 5.75 Å². The van der Waals surface area contributed by atoms with E-state index in [4.69, 9.17) is 10.00 Å². The lowest BCUT2D eigenvalue weighted by Crippen LogP contribution is -2.27. The molecule has 0 amide bonds. The highest BCUT2D eigenvalue weighted by Gasteiger charge is 2.24. The molecule has 0 unspecified atom stereocenters. The molecular weight excluding hydrogens is 344 g/mol. The molecule has 2 rings (SSSR count). The Morgan fingerprint density at radius 3 is 2.58 bits per heavy atom. The van der Waals surface area contributed by atoms with E-state index >= 15 is 0 Å². The van der Waals surface area contributed by atoms with E-state index in [1.54, 1.807) is 31.0 Å². The van der Waals surface area contributed by atoms with Gasteiger partial charge in [-0.05, 0) is 36.1 Å². The Hall–Kier alpha value is -2.01. The fourth-order valence-electron chi connectivity index (χ4n) is 2.27. The van der Waals surface area contributed by atoms with E-state index < -0.39 is 10.0 Å². The van der Waals surface area contributed by atoms with Gasteiger partial charge in [0.25, 0.3) is 0 Å². The number of nitrogens with zero attached hydrogens (tertiary/aromatic N) is 2. The Kier molecular flexibility index (Phi) is 5.89. The van der Waals surface area contributed by atoms with Crippen molar-refractivity contribution in [2.24, 2.45) is 0 Å². The molecule has 0 saturated carbocycles. The van der Waals surface area contributed by atoms with Crippen LogP contribution < -0.4 is 4.74 Å². The molecule has 0 aliphatic rings. The molecule has 0 aliphatic heterocycles. The normalized spacial score (nSPS) is 11.3. The number of thioether (sulfide) groups is 1. The summed E-state index contributed by atoms with van der Waals surface area (Å²) in [6, 6.07) is 13.7. The minimum atomic E-state index is -3.75. The second kappa shape index (κ2) is 7.71. The van der Waals surface area contributed by atoms with Gasteiger partial charge in [0.15, 0.2) is 0 Å². The fourth-order valence-corrected chi connectivity index (χ4v) is 4.12. The van der Waals surface area contributed by atoms with Crippen molar-refractivity contribution in [1.82, 2.24) is 4.31 Å². The standard InChI is InChI=1S/C17H18N2O3S2/c1-19(12-13-8-9-16(23-3)15(10-13)22-2)24(20,21)17-7-5-4-6-14(17)11-18/h4-10H,12H2,1-3H3. The Morgan fingerprint density at radius 1 is 1.25 bits per heavy atom. The summed E-state index contributed by atoms with van der Waals surface area (Å²) < 4.78 is 32.0. The van der Waals surface area contributed by atoms with Crippen LogP contribution in [0.25, 0.3) is 0 Å². The minimum absolute atomic E-state index is 0.0164. The van der Waals surface area contributed by atoms with Gasteiger partial charge in [-0.2, -0.15) is 9.57 Å². The van der Waals surface area contributed by atoms with Gasteiger partial charge in [-0.3, -0.25) is 0 Å². The molecule has 0 N–H and O–H groups in total. The molecule has 0 fully saturated rings. The van der Waals surface area contributed by atoms with Crippen LogP contribution >= 0.6 is 11.8 Å². The Morgan fingerprint density at radius 2 is 1.96 bits per heavy atom. The zero-order valence-corrected chi connectivity index (χ0v) is 15.3. The molecule has 0 radical (unpaired) electrons. The van der Waals surface area contributed by atoms with Crippen LogP contribution in [-0.4, -0.2) is 33.1 Å². The minimum Gasteiger partial charge on any atom is -0.496 e. The van der Waals surface area contributed by atoms with E-state index in [0.717, 1.165) is 10.5 Å². The first kappa shape index (κ1) is 18.3. The highest BCUT2D eigenvalue weighted by molar-refractivity contribution is 7.98. The van der Waals surface area contributed by atoms with Crippen LogP contribution in [0.2, 0.25) is 0 Å². The Bertz CT molecular complexity index is 874.